The summed E-state index contributed by atoms with van der Waals surface area (Å²) in [5.41, 5.74) is 1.81. The third-order valence-electron chi connectivity index (χ3n) is 3.30. The fraction of sp³-hybridized carbons (Fsp3) is 0.188. The molecule has 0 radical (unpaired) electrons. The van der Waals surface area contributed by atoms with Gasteiger partial charge in [0.2, 0.25) is 0 Å². The van der Waals surface area contributed by atoms with Crippen molar-refractivity contribution in [3.8, 4) is 0 Å². The molecular formula is C16H14Cl2N4O2. The molecule has 0 aliphatic heterocycles. The number of benzene rings is 1. The van der Waals surface area contributed by atoms with Crippen LogP contribution in [0.15, 0.2) is 36.5 Å². The van der Waals surface area contributed by atoms with E-state index in [2.05, 4.69) is 15.4 Å². The second-order valence-electron chi connectivity index (χ2n) is 4.95. The Hall–Kier alpha value is -2.31. The number of ether oxygens (including phenoxy) is 1. The molecule has 2 aromatic heterocycles. The van der Waals surface area contributed by atoms with E-state index in [0.29, 0.717) is 34.7 Å². The first-order valence-electron chi connectivity index (χ1n) is 7.28. The van der Waals surface area contributed by atoms with Gasteiger partial charge in [0, 0.05) is 6.54 Å². The average Bonchev–Trinajstić information content (AvgIpc) is 2.99. The number of hydrogen-bond donors (Lipinski definition) is 1. The minimum absolute atomic E-state index is 0.282. The number of esters is 1. The van der Waals surface area contributed by atoms with Crippen LogP contribution in [0.4, 0.5) is 5.82 Å². The third-order valence-corrected chi connectivity index (χ3v) is 4.04. The number of halogens is 2. The van der Waals surface area contributed by atoms with Gasteiger partial charge in [-0.3, -0.25) is 0 Å². The van der Waals surface area contributed by atoms with Gasteiger partial charge in [-0.1, -0.05) is 29.3 Å². The Morgan fingerprint density at radius 2 is 2.08 bits per heavy atom. The fourth-order valence-electron chi connectivity index (χ4n) is 2.15. The van der Waals surface area contributed by atoms with Crippen LogP contribution in [0.5, 0.6) is 0 Å². The third kappa shape index (κ3) is 3.44. The highest BCUT2D eigenvalue weighted by atomic mass is 35.5. The lowest BCUT2D eigenvalue weighted by Crippen LogP contribution is -2.11. The average molecular weight is 365 g/mol. The van der Waals surface area contributed by atoms with Gasteiger partial charge in [0.15, 0.2) is 11.3 Å². The number of aromatic nitrogens is 3. The molecule has 0 saturated heterocycles. The summed E-state index contributed by atoms with van der Waals surface area (Å²) >= 11 is 11.9. The number of carbonyl (C=O) groups excluding carboxylic acids is 1. The van der Waals surface area contributed by atoms with Crippen LogP contribution in [0.1, 0.15) is 23.0 Å². The molecule has 0 spiro atoms. The maximum absolute atomic E-state index is 11.9. The molecule has 0 unspecified atom stereocenters. The van der Waals surface area contributed by atoms with Gasteiger partial charge in [-0.2, -0.15) is 0 Å². The summed E-state index contributed by atoms with van der Waals surface area (Å²) in [4.78, 5) is 16.1. The highest BCUT2D eigenvalue weighted by molar-refractivity contribution is 6.42. The summed E-state index contributed by atoms with van der Waals surface area (Å²) in [6.45, 7) is 2.55. The van der Waals surface area contributed by atoms with Crippen LogP contribution in [0.2, 0.25) is 10.0 Å². The first kappa shape index (κ1) is 16.5. The molecular weight excluding hydrogens is 351 g/mol. The van der Waals surface area contributed by atoms with Crippen LogP contribution in [-0.2, 0) is 11.3 Å². The molecule has 0 amide bonds. The molecule has 1 N–H and O–H groups in total. The van der Waals surface area contributed by atoms with Crippen molar-refractivity contribution in [2.24, 2.45) is 0 Å². The quantitative estimate of drug-likeness (QED) is 0.696. The van der Waals surface area contributed by atoms with Gasteiger partial charge in [-0.05, 0) is 36.8 Å². The van der Waals surface area contributed by atoms with E-state index in [0.717, 1.165) is 5.56 Å². The Morgan fingerprint density at radius 1 is 1.25 bits per heavy atom. The lowest BCUT2D eigenvalue weighted by atomic mass is 10.2. The number of fused-ring (bicyclic) bond motifs is 1. The Morgan fingerprint density at radius 3 is 2.83 bits per heavy atom. The first-order valence-corrected chi connectivity index (χ1v) is 8.04. The normalized spacial score (nSPS) is 10.8. The van der Waals surface area contributed by atoms with Crippen molar-refractivity contribution in [2.45, 2.75) is 13.5 Å². The lowest BCUT2D eigenvalue weighted by molar-refractivity contribution is 0.0517. The summed E-state index contributed by atoms with van der Waals surface area (Å²) in [7, 11) is 0. The number of nitrogens with zero attached hydrogens (tertiary/aromatic N) is 3. The number of anilines is 1. The van der Waals surface area contributed by atoms with Crippen molar-refractivity contribution in [1.82, 2.24) is 14.6 Å². The van der Waals surface area contributed by atoms with E-state index in [1.54, 1.807) is 31.2 Å². The van der Waals surface area contributed by atoms with E-state index in [1.165, 1.54) is 10.7 Å². The van der Waals surface area contributed by atoms with Gasteiger partial charge < -0.3 is 10.1 Å². The molecule has 0 bridgehead atoms. The zero-order valence-corrected chi connectivity index (χ0v) is 14.3. The smallest absolute Gasteiger partial charge is 0.358 e. The summed E-state index contributed by atoms with van der Waals surface area (Å²) in [5.74, 6) is 0.135. The molecule has 0 atom stereocenters. The minimum atomic E-state index is -0.459. The van der Waals surface area contributed by atoms with Crippen molar-refractivity contribution in [1.29, 1.82) is 0 Å². The molecule has 3 aromatic rings. The predicted molar refractivity (Wildman–Crippen MR) is 92.7 cm³/mol. The van der Waals surface area contributed by atoms with E-state index in [9.17, 15) is 4.79 Å². The minimum Gasteiger partial charge on any atom is -0.461 e. The Bertz CT molecular complexity index is 895. The predicted octanol–water partition coefficient (Wildman–Crippen LogP) is 3.82. The molecule has 6 nitrogen and oxygen atoms in total. The van der Waals surface area contributed by atoms with Gasteiger partial charge in [-0.25, -0.2) is 14.3 Å². The molecule has 2 heterocycles. The topological polar surface area (TPSA) is 68.5 Å². The number of rotatable bonds is 5. The lowest BCUT2D eigenvalue weighted by Gasteiger charge is -2.08. The zero-order chi connectivity index (χ0) is 17.1. The summed E-state index contributed by atoms with van der Waals surface area (Å²) in [5, 5.41) is 8.56. The van der Waals surface area contributed by atoms with E-state index in [1.807, 2.05) is 6.07 Å². The standard InChI is InChI=1S/C16H14Cl2N4O2/c1-2-24-16(23)13-9-20-15-6-5-14(21-22(13)15)19-8-10-3-4-11(17)12(18)7-10/h3-7,9H,2,8H2,1H3,(H,19,21). The Labute approximate surface area is 148 Å². The van der Waals surface area contributed by atoms with E-state index < -0.39 is 5.97 Å². The van der Waals surface area contributed by atoms with Crippen LogP contribution in [0.3, 0.4) is 0 Å². The van der Waals surface area contributed by atoms with Crippen LogP contribution in [0.25, 0.3) is 5.65 Å². The monoisotopic (exact) mass is 364 g/mol. The van der Waals surface area contributed by atoms with Gasteiger partial charge in [0.05, 0.1) is 22.8 Å². The summed E-state index contributed by atoms with van der Waals surface area (Å²) in [6, 6.07) is 8.96. The molecule has 8 heteroatoms. The van der Waals surface area contributed by atoms with Gasteiger partial charge >= 0.3 is 5.97 Å². The highest BCUT2D eigenvalue weighted by Gasteiger charge is 2.14. The van der Waals surface area contributed by atoms with Crippen molar-refractivity contribution in [3.63, 3.8) is 0 Å². The SMILES string of the molecule is CCOC(=O)c1cnc2ccc(NCc3ccc(Cl)c(Cl)c3)nn12. The molecule has 0 saturated carbocycles. The number of nitrogens with one attached hydrogen (secondary N) is 1. The molecule has 124 valence electrons. The van der Waals surface area contributed by atoms with E-state index in [4.69, 9.17) is 27.9 Å². The summed E-state index contributed by atoms with van der Waals surface area (Å²) < 4.78 is 6.45. The van der Waals surface area contributed by atoms with E-state index in [-0.39, 0.29) is 5.69 Å². The molecule has 1 aromatic carbocycles. The maximum Gasteiger partial charge on any atom is 0.358 e. The Balaban J connectivity index is 1.80. The van der Waals surface area contributed by atoms with Crippen LogP contribution < -0.4 is 5.32 Å². The molecule has 3 rings (SSSR count). The second kappa shape index (κ2) is 7.07. The van der Waals surface area contributed by atoms with Crippen molar-refractivity contribution >= 4 is 40.6 Å². The molecule has 24 heavy (non-hydrogen) atoms. The molecule has 0 fully saturated rings. The zero-order valence-electron chi connectivity index (χ0n) is 12.8. The van der Waals surface area contributed by atoms with Crippen molar-refractivity contribution < 1.29 is 9.53 Å². The van der Waals surface area contributed by atoms with Crippen LogP contribution in [0, 0.1) is 0 Å². The van der Waals surface area contributed by atoms with Gasteiger partial charge in [0.1, 0.15) is 5.82 Å². The van der Waals surface area contributed by atoms with Crippen molar-refractivity contribution in [3.05, 3.63) is 57.8 Å². The Kier molecular flexibility index (Phi) is 4.87. The number of hydrogen-bond acceptors (Lipinski definition) is 5. The largest absolute Gasteiger partial charge is 0.461 e. The molecule has 0 aliphatic carbocycles. The second-order valence-corrected chi connectivity index (χ2v) is 5.77. The molecule has 0 aliphatic rings. The highest BCUT2D eigenvalue weighted by Crippen LogP contribution is 2.23. The fourth-order valence-corrected chi connectivity index (χ4v) is 2.47. The maximum atomic E-state index is 11.9. The van der Waals surface area contributed by atoms with Crippen molar-refractivity contribution in [2.75, 3.05) is 11.9 Å². The van der Waals surface area contributed by atoms with Gasteiger partial charge in [0.25, 0.3) is 0 Å². The summed E-state index contributed by atoms with van der Waals surface area (Å²) in [6.07, 6.45) is 1.45. The van der Waals surface area contributed by atoms with Gasteiger partial charge in [-0.15, -0.1) is 5.10 Å². The number of carbonyl (C=O) groups is 1. The van der Waals surface area contributed by atoms with Crippen LogP contribution in [-0.4, -0.2) is 27.2 Å². The number of imidazole rings is 1. The van der Waals surface area contributed by atoms with E-state index >= 15 is 0 Å². The first-order chi connectivity index (χ1) is 11.6. The van der Waals surface area contributed by atoms with Crippen LogP contribution >= 0.6 is 23.2 Å².